The van der Waals surface area contributed by atoms with Gasteiger partial charge in [0.15, 0.2) is 5.82 Å². The van der Waals surface area contributed by atoms with Gasteiger partial charge < -0.3 is 13.9 Å². The van der Waals surface area contributed by atoms with E-state index in [0.29, 0.717) is 22.9 Å². The minimum Gasteiger partial charge on any atom is -0.305 e. The highest BCUT2D eigenvalue weighted by atomic mass is 31.2. The van der Waals surface area contributed by atoms with Gasteiger partial charge in [-0.25, -0.2) is 9.97 Å². The van der Waals surface area contributed by atoms with Crippen molar-refractivity contribution < 1.29 is 18.4 Å². The van der Waals surface area contributed by atoms with E-state index in [1.165, 1.54) is 4.90 Å². The molecule has 2 aromatic heterocycles. The number of aromatic nitrogens is 2. The summed E-state index contributed by atoms with van der Waals surface area (Å²) in [5.74, 6) is 0.878. The summed E-state index contributed by atoms with van der Waals surface area (Å²) in [5, 5.41) is 0. The van der Waals surface area contributed by atoms with E-state index in [-0.39, 0.29) is 31.4 Å². The second kappa shape index (κ2) is 10.7. The molecule has 4 aromatic rings. The average molecular weight is 541 g/mol. The fourth-order valence-electron chi connectivity index (χ4n) is 4.75. The number of benzene rings is 2. The zero-order valence-corrected chi connectivity index (χ0v) is 22.5. The molecule has 3 heterocycles. The number of pyridine rings is 2. The summed E-state index contributed by atoms with van der Waals surface area (Å²) in [4.78, 5) is 27.0. The molecule has 1 fully saturated rings. The first-order valence-electron chi connectivity index (χ1n) is 13.0. The van der Waals surface area contributed by atoms with Crippen LogP contribution in [0.15, 0.2) is 91.3 Å². The number of hydrogen-bond donors (Lipinski definition) is 0. The Kier molecular flexibility index (Phi) is 7.00. The number of fused-ring (bicyclic) bond motifs is 2. The number of amides is 1. The Labute approximate surface area is 227 Å². The maximum Gasteiger partial charge on any atom is 0.350 e. The van der Waals surface area contributed by atoms with E-state index < -0.39 is 7.60 Å². The fraction of sp³-hybridized carbons (Fsp3) is 0.233. The minimum absolute atomic E-state index is 0.0835. The lowest BCUT2D eigenvalue weighted by molar-refractivity contribution is 0.0986. The van der Waals surface area contributed by atoms with Crippen molar-refractivity contribution in [2.45, 2.75) is 39.0 Å². The normalized spacial score (nSPS) is 15.1. The molecule has 0 N–H and O–H groups in total. The van der Waals surface area contributed by atoms with Gasteiger partial charge in [-0.05, 0) is 54.7 Å². The molecule has 0 unspecified atom stereocenters. The summed E-state index contributed by atoms with van der Waals surface area (Å²) in [6, 6.07) is 24.6. The Bertz CT molecular complexity index is 1480. The van der Waals surface area contributed by atoms with Crippen molar-refractivity contribution in [1.29, 1.82) is 0 Å². The predicted octanol–water partition coefficient (Wildman–Crippen LogP) is 6.63. The van der Waals surface area contributed by atoms with E-state index in [0.717, 1.165) is 29.5 Å². The quantitative estimate of drug-likeness (QED) is 0.220. The molecule has 0 atom stereocenters. The second-order valence-electron chi connectivity index (χ2n) is 9.78. The van der Waals surface area contributed by atoms with E-state index >= 15 is 0 Å². The lowest BCUT2D eigenvalue weighted by Gasteiger charge is -2.29. The van der Waals surface area contributed by atoms with Crippen LogP contribution in [-0.4, -0.2) is 28.2 Å². The topological polar surface area (TPSA) is 84.9 Å². The molecule has 0 spiro atoms. The van der Waals surface area contributed by atoms with Crippen LogP contribution < -0.4 is 9.80 Å². The van der Waals surface area contributed by atoms with E-state index in [4.69, 9.17) is 14.0 Å². The van der Waals surface area contributed by atoms with Crippen molar-refractivity contribution in [3.05, 3.63) is 114 Å². The Hall–Kier alpha value is -3.84. The van der Waals surface area contributed by atoms with Crippen LogP contribution >= 0.6 is 7.60 Å². The molecular formula is C30H29N4O4P. The van der Waals surface area contributed by atoms with Gasteiger partial charge in [0.1, 0.15) is 12.1 Å². The highest BCUT2D eigenvalue weighted by Crippen LogP contribution is 2.54. The van der Waals surface area contributed by atoms with Gasteiger partial charge >= 0.3 is 7.60 Å². The van der Waals surface area contributed by atoms with Crippen LogP contribution in [-0.2, 0) is 26.8 Å². The molecule has 1 saturated carbocycles. The standard InChI is InChI=1S/C30H29N4O4P/c1-22-16-18-32-29-27(22)33(30(35)26-13-8-17-31-28(26)34(29)25-14-15-25)21-39(36,37-19-23-9-4-2-5-10-23)38-20-24-11-6-3-7-12-24/h2-13,16-18,25H,14-15,19-21H2,1H3. The third-order valence-electron chi connectivity index (χ3n) is 6.86. The molecule has 1 amide bonds. The molecule has 2 aliphatic rings. The van der Waals surface area contributed by atoms with Gasteiger partial charge in [-0.15, -0.1) is 0 Å². The van der Waals surface area contributed by atoms with Crippen molar-refractivity contribution in [3.63, 3.8) is 0 Å². The molecule has 0 saturated heterocycles. The Morgan fingerprint density at radius 3 is 2.05 bits per heavy atom. The van der Waals surface area contributed by atoms with Crippen LogP contribution in [0.1, 0.15) is 39.9 Å². The van der Waals surface area contributed by atoms with Crippen molar-refractivity contribution in [2.24, 2.45) is 0 Å². The van der Waals surface area contributed by atoms with Gasteiger partial charge in [-0.3, -0.25) is 14.3 Å². The molecule has 9 heteroatoms. The number of hydrogen-bond acceptors (Lipinski definition) is 7. The van der Waals surface area contributed by atoms with Gasteiger partial charge in [0.2, 0.25) is 0 Å². The van der Waals surface area contributed by atoms with E-state index in [9.17, 15) is 9.36 Å². The van der Waals surface area contributed by atoms with Crippen LogP contribution in [0.4, 0.5) is 17.3 Å². The van der Waals surface area contributed by atoms with Crippen LogP contribution in [0.2, 0.25) is 0 Å². The maximum absolute atomic E-state index is 14.5. The average Bonchev–Trinajstić information content (AvgIpc) is 3.81. The smallest absolute Gasteiger partial charge is 0.305 e. The third kappa shape index (κ3) is 5.36. The Morgan fingerprint density at radius 1 is 0.821 bits per heavy atom. The summed E-state index contributed by atoms with van der Waals surface area (Å²) in [7, 11) is -3.85. The van der Waals surface area contributed by atoms with Crippen molar-refractivity contribution >= 4 is 30.8 Å². The van der Waals surface area contributed by atoms with Crippen molar-refractivity contribution in [3.8, 4) is 0 Å². The number of carbonyl (C=O) groups is 1. The second-order valence-corrected chi connectivity index (χ2v) is 11.8. The van der Waals surface area contributed by atoms with Crippen molar-refractivity contribution in [1.82, 2.24) is 9.97 Å². The summed E-state index contributed by atoms with van der Waals surface area (Å²) >= 11 is 0. The lowest BCUT2D eigenvalue weighted by atomic mass is 10.2. The van der Waals surface area contributed by atoms with E-state index in [2.05, 4.69) is 9.88 Å². The zero-order chi connectivity index (χ0) is 26.8. The minimum atomic E-state index is -3.85. The summed E-state index contributed by atoms with van der Waals surface area (Å²) in [6.45, 7) is 2.09. The molecule has 2 aromatic carbocycles. The Morgan fingerprint density at radius 2 is 1.44 bits per heavy atom. The molecule has 1 aliphatic carbocycles. The van der Waals surface area contributed by atoms with E-state index in [1.807, 2.05) is 73.7 Å². The molecule has 0 bridgehead atoms. The van der Waals surface area contributed by atoms with Gasteiger partial charge in [-0.1, -0.05) is 60.7 Å². The number of carbonyl (C=O) groups excluding carboxylic acids is 1. The SMILES string of the molecule is Cc1ccnc2c1N(CP(=O)(OCc1ccccc1)OCc1ccccc1)C(=O)c1cccnc1N2C1CC1. The first-order chi connectivity index (χ1) is 19.0. The van der Waals surface area contributed by atoms with Gasteiger partial charge in [0.05, 0.1) is 24.5 Å². The van der Waals surface area contributed by atoms with Gasteiger partial charge in [0.25, 0.3) is 5.91 Å². The number of nitrogens with zero attached hydrogens (tertiary/aromatic N) is 4. The van der Waals surface area contributed by atoms with Crippen LogP contribution in [0.25, 0.3) is 0 Å². The number of aryl methyl sites for hydroxylation is 1. The van der Waals surface area contributed by atoms with Gasteiger partial charge in [0, 0.05) is 18.4 Å². The fourth-order valence-corrected chi connectivity index (χ4v) is 6.29. The van der Waals surface area contributed by atoms with Crippen LogP contribution in [0, 0.1) is 6.92 Å². The maximum atomic E-state index is 14.5. The van der Waals surface area contributed by atoms with E-state index in [1.54, 1.807) is 24.5 Å². The molecule has 1 aliphatic heterocycles. The third-order valence-corrected chi connectivity index (χ3v) is 8.54. The highest BCUT2D eigenvalue weighted by molar-refractivity contribution is 7.54. The molecule has 8 nitrogen and oxygen atoms in total. The molecular weight excluding hydrogens is 511 g/mol. The Balaban J connectivity index is 1.40. The first kappa shape index (κ1) is 25.4. The largest absolute Gasteiger partial charge is 0.350 e. The number of rotatable bonds is 9. The first-order valence-corrected chi connectivity index (χ1v) is 14.7. The lowest BCUT2D eigenvalue weighted by Crippen LogP contribution is -2.33. The monoisotopic (exact) mass is 540 g/mol. The highest BCUT2D eigenvalue weighted by Gasteiger charge is 2.43. The number of anilines is 3. The molecule has 39 heavy (non-hydrogen) atoms. The van der Waals surface area contributed by atoms with Gasteiger partial charge in [-0.2, -0.15) is 0 Å². The zero-order valence-electron chi connectivity index (χ0n) is 21.6. The predicted molar refractivity (Wildman–Crippen MR) is 150 cm³/mol. The van der Waals surface area contributed by atoms with Crippen molar-refractivity contribution in [2.75, 3.05) is 16.1 Å². The summed E-state index contributed by atoms with van der Waals surface area (Å²) in [5.41, 5.74) is 3.58. The summed E-state index contributed by atoms with van der Waals surface area (Å²) in [6.07, 6.45) is 5.12. The molecule has 0 radical (unpaired) electrons. The molecule has 6 rings (SSSR count). The molecule has 198 valence electrons. The van der Waals surface area contributed by atoms with Crippen LogP contribution in [0.3, 0.4) is 0 Å². The van der Waals surface area contributed by atoms with Crippen LogP contribution in [0.5, 0.6) is 0 Å². The summed E-state index contributed by atoms with van der Waals surface area (Å²) < 4.78 is 26.6.